The minimum Gasteiger partial charge on any atom is -0.493 e. The van der Waals surface area contributed by atoms with Crippen molar-refractivity contribution in [3.8, 4) is 5.75 Å². The zero-order valence-electron chi connectivity index (χ0n) is 16.5. The van der Waals surface area contributed by atoms with E-state index in [2.05, 4.69) is 52.2 Å². The van der Waals surface area contributed by atoms with E-state index in [0.717, 1.165) is 40.5 Å². The molecular formula is C22H30BrN3O. The maximum Gasteiger partial charge on any atom is 0.204 e. The van der Waals surface area contributed by atoms with Gasteiger partial charge in [-0.15, -0.1) is 10.2 Å². The van der Waals surface area contributed by atoms with E-state index in [1.54, 1.807) is 0 Å². The third-order valence-electron chi connectivity index (χ3n) is 7.38. The van der Waals surface area contributed by atoms with E-state index in [1.165, 1.54) is 56.9 Å². The van der Waals surface area contributed by atoms with Gasteiger partial charge in [-0.25, -0.2) is 0 Å². The fraction of sp³-hybridized carbons (Fsp3) is 0.727. The Morgan fingerprint density at radius 3 is 2.59 bits per heavy atom. The van der Waals surface area contributed by atoms with Crippen LogP contribution in [0.2, 0.25) is 0 Å². The summed E-state index contributed by atoms with van der Waals surface area (Å²) in [6.07, 6.45) is 12.9. The van der Waals surface area contributed by atoms with E-state index in [-0.39, 0.29) is 0 Å². The summed E-state index contributed by atoms with van der Waals surface area (Å²) in [5.41, 5.74) is 2.55. The molecule has 0 spiro atoms. The zero-order chi connectivity index (χ0) is 18.6. The largest absolute Gasteiger partial charge is 0.493 e. The summed E-state index contributed by atoms with van der Waals surface area (Å²) >= 11 is 3.50. The molecule has 2 unspecified atom stereocenters. The van der Waals surface area contributed by atoms with Crippen molar-refractivity contribution < 1.29 is 4.74 Å². The maximum absolute atomic E-state index is 6.59. The smallest absolute Gasteiger partial charge is 0.204 e. The van der Waals surface area contributed by atoms with E-state index in [9.17, 15) is 0 Å². The summed E-state index contributed by atoms with van der Waals surface area (Å²) in [4.78, 5) is 0. The molecule has 5 heteroatoms. The van der Waals surface area contributed by atoms with Gasteiger partial charge in [-0.05, 0) is 91.0 Å². The second-order valence-corrected chi connectivity index (χ2v) is 10.4. The van der Waals surface area contributed by atoms with Gasteiger partial charge in [-0.2, -0.15) is 0 Å². The van der Waals surface area contributed by atoms with Crippen LogP contribution >= 0.6 is 15.9 Å². The first-order chi connectivity index (χ1) is 13.0. The molecule has 0 saturated heterocycles. The van der Waals surface area contributed by atoms with Crippen LogP contribution in [-0.4, -0.2) is 21.2 Å². The average molecular weight is 432 g/mol. The van der Waals surface area contributed by atoms with Crippen molar-refractivity contribution >= 4 is 21.6 Å². The monoisotopic (exact) mass is 431 g/mol. The molecule has 2 aromatic rings. The number of rotatable bonds is 5. The third kappa shape index (κ3) is 3.41. The molecule has 0 radical (unpaired) electrons. The second-order valence-electron chi connectivity index (χ2n) is 9.66. The molecule has 2 atom stereocenters. The van der Waals surface area contributed by atoms with Crippen LogP contribution in [0.3, 0.4) is 0 Å². The molecule has 2 bridgehead atoms. The van der Waals surface area contributed by atoms with Gasteiger partial charge in [0.05, 0.1) is 6.61 Å². The van der Waals surface area contributed by atoms with Gasteiger partial charge in [0.1, 0.15) is 5.75 Å². The molecule has 146 valence electrons. The maximum atomic E-state index is 6.59. The number of hydrogen-bond donors (Lipinski definition) is 0. The molecule has 5 rings (SSSR count). The number of aromatic nitrogens is 3. The van der Waals surface area contributed by atoms with Crippen molar-refractivity contribution in [3.05, 3.63) is 22.6 Å². The highest BCUT2D eigenvalue weighted by atomic mass is 79.9. The molecule has 0 N–H and O–H groups in total. The Bertz CT molecular complexity index is 825. The Kier molecular flexibility index (Phi) is 4.49. The summed E-state index contributed by atoms with van der Waals surface area (Å²) in [6.45, 7) is 5.67. The predicted molar refractivity (Wildman–Crippen MR) is 110 cm³/mol. The summed E-state index contributed by atoms with van der Waals surface area (Å²) in [5, 5.41) is 8.43. The van der Waals surface area contributed by atoms with Gasteiger partial charge in [0.15, 0.2) is 5.65 Å². The Morgan fingerprint density at radius 2 is 1.93 bits per heavy atom. The number of hydrogen-bond acceptors (Lipinski definition) is 3. The van der Waals surface area contributed by atoms with Gasteiger partial charge in [0, 0.05) is 23.2 Å². The molecule has 3 fully saturated rings. The van der Waals surface area contributed by atoms with Crippen molar-refractivity contribution in [2.24, 2.45) is 23.2 Å². The number of nitrogens with zero attached hydrogens (tertiary/aromatic N) is 3. The lowest BCUT2D eigenvalue weighted by Gasteiger charge is -2.48. The SMILES string of the molecule is CCC1(COc2cc3nnc(Br)n3cc2C2CC2)CC2CC(C)CC(C2)C1. The van der Waals surface area contributed by atoms with E-state index in [0.29, 0.717) is 11.3 Å². The molecule has 0 amide bonds. The standard InChI is InChI=1S/C22H30BrN3O/c1-3-22(10-15-6-14(2)7-16(8-15)11-22)13-27-19-9-20-24-25-21(23)26(20)12-18(19)17-4-5-17/h9,12,14-17H,3-8,10-11,13H2,1-2H3. The zero-order valence-corrected chi connectivity index (χ0v) is 18.0. The summed E-state index contributed by atoms with van der Waals surface area (Å²) in [7, 11) is 0. The van der Waals surface area contributed by atoms with Gasteiger partial charge in [0.2, 0.25) is 4.73 Å². The van der Waals surface area contributed by atoms with Gasteiger partial charge in [0.25, 0.3) is 0 Å². The van der Waals surface area contributed by atoms with E-state index < -0.39 is 0 Å². The molecule has 4 nitrogen and oxygen atoms in total. The Balaban J connectivity index is 1.39. The van der Waals surface area contributed by atoms with Crippen molar-refractivity contribution in [1.29, 1.82) is 0 Å². The van der Waals surface area contributed by atoms with Gasteiger partial charge in [-0.3, -0.25) is 4.40 Å². The lowest BCUT2D eigenvalue weighted by Crippen LogP contribution is -2.41. The van der Waals surface area contributed by atoms with Crippen LogP contribution in [0.15, 0.2) is 17.0 Å². The first-order valence-corrected chi connectivity index (χ1v) is 11.5. The normalized spacial score (nSPS) is 33.4. The lowest BCUT2D eigenvalue weighted by molar-refractivity contribution is -0.000598. The summed E-state index contributed by atoms with van der Waals surface area (Å²) in [6, 6.07) is 2.10. The first-order valence-electron chi connectivity index (χ1n) is 10.7. The average Bonchev–Trinajstić information content (AvgIpc) is 3.42. The molecule has 0 aromatic carbocycles. The van der Waals surface area contributed by atoms with Crippen molar-refractivity contribution in [1.82, 2.24) is 14.6 Å². The fourth-order valence-corrected chi connectivity index (χ4v) is 6.37. The minimum atomic E-state index is 0.356. The molecule has 3 aliphatic rings. The van der Waals surface area contributed by atoms with Crippen LogP contribution in [0.1, 0.15) is 76.7 Å². The van der Waals surface area contributed by atoms with Crippen LogP contribution in [-0.2, 0) is 0 Å². The van der Waals surface area contributed by atoms with Gasteiger partial charge < -0.3 is 4.74 Å². The Hall–Kier alpha value is -1.10. The van der Waals surface area contributed by atoms with Crippen molar-refractivity contribution in [2.45, 2.75) is 71.1 Å². The molecule has 27 heavy (non-hydrogen) atoms. The minimum absolute atomic E-state index is 0.356. The molecule has 2 heterocycles. The highest BCUT2D eigenvalue weighted by molar-refractivity contribution is 9.10. The van der Waals surface area contributed by atoms with Gasteiger partial charge in [-0.1, -0.05) is 13.8 Å². The molecule has 0 aliphatic heterocycles. The van der Waals surface area contributed by atoms with E-state index >= 15 is 0 Å². The number of fused-ring (bicyclic) bond motifs is 3. The summed E-state index contributed by atoms with van der Waals surface area (Å²) < 4.78 is 9.38. The molecule has 2 aromatic heterocycles. The third-order valence-corrected chi connectivity index (χ3v) is 7.92. The van der Waals surface area contributed by atoms with Crippen LogP contribution in [0.25, 0.3) is 5.65 Å². The first kappa shape index (κ1) is 18.0. The van der Waals surface area contributed by atoms with E-state index in [1.807, 2.05) is 4.40 Å². The summed E-state index contributed by atoms with van der Waals surface area (Å²) in [5.74, 6) is 4.42. The van der Waals surface area contributed by atoms with Crippen molar-refractivity contribution in [2.75, 3.05) is 6.61 Å². The quantitative estimate of drug-likeness (QED) is 0.583. The second kappa shape index (κ2) is 6.75. The Morgan fingerprint density at radius 1 is 1.19 bits per heavy atom. The number of halogens is 1. The topological polar surface area (TPSA) is 39.4 Å². The fourth-order valence-electron chi connectivity index (χ4n) is 6.01. The molecule has 3 saturated carbocycles. The van der Waals surface area contributed by atoms with Gasteiger partial charge >= 0.3 is 0 Å². The van der Waals surface area contributed by atoms with Crippen LogP contribution in [0.4, 0.5) is 0 Å². The molecule has 3 aliphatic carbocycles. The number of pyridine rings is 1. The Labute approximate surface area is 170 Å². The van der Waals surface area contributed by atoms with Crippen molar-refractivity contribution in [3.63, 3.8) is 0 Å². The lowest BCUT2D eigenvalue weighted by atomic mass is 9.58. The van der Waals surface area contributed by atoms with Crippen LogP contribution in [0.5, 0.6) is 5.75 Å². The predicted octanol–water partition coefficient (Wildman–Crippen LogP) is 5.99. The molecular weight excluding hydrogens is 402 g/mol. The van der Waals surface area contributed by atoms with Crippen LogP contribution in [0, 0.1) is 23.2 Å². The highest BCUT2D eigenvalue weighted by Gasteiger charge is 2.43. The number of ether oxygens (including phenoxy) is 1. The van der Waals surface area contributed by atoms with Crippen LogP contribution < -0.4 is 4.74 Å². The van der Waals surface area contributed by atoms with E-state index in [4.69, 9.17) is 4.74 Å². The highest BCUT2D eigenvalue weighted by Crippen LogP contribution is 2.52.